The van der Waals surface area contributed by atoms with Crippen molar-refractivity contribution in [3.63, 3.8) is 0 Å². The van der Waals surface area contributed by atoms with Crippen molar-refractivity contribution in [3.05, 3.63) is 41.7 Å². The summed E-state index contributed by atoms with van der Waals surface area (Å²) in [6.45, 7) is 1.27. The number of Topliss-reactive ketones (excluding diaryl/α,β-unsaturated/α-hetero) is 1. The number of para-hydroxylation sites is 1. The SMILES string of the molecule is COc1ccccc1-c1ncc(C(C)=O)c(C(=O)O)n1. The largest absolute Gasteiger partial charge is 0.496 e. The fourth-order valence-corrected chi connectivity index (χ4v) is 1.76. The van der Waals surface area contributed by atoms with E-state index in [-0.39, 0.29) is 17.1 Å². The van der Waals surface area contributed by atoms with Crippen LogP contribution in [-0.4, -0.2) is 33.9 Å². The van der Waals surface area contributed by atoms with Gasteiger partial charge in [0.05, 0.1) is 18.2 Å². The Kier molecular flexibility index (Phi) is 3.74. The lowest BCUT2D eigenvalue weighted by molar-refractivity contribution is 0.0685. The van der Waals surface area contributed by atoms with Crippen LogP contribution in [0.25, 0.3) is 11.4 Å². The van der Waals surface area contributed by atoms with Crippen LogP contribution >= 0.6 is 0 Å². The van der Waals surface area contributed by atoms with E-state index in [0.29, 0.717) is 11.3 Å². The molecule has 0 spiro atoms. The van der Waals surface area contributed by atoms with Crippen LogP contribution in [0.2, 0.25) is 0 Å². The fourth-order valence-electron chi connectivity index (χ4n) is 1.76. The number of carbonyl (C=O) groups excluding carboxylic acids is 1. The smallest absolute Gasteiger partial charge is 0.355 e. The number of aromatic carboxylic acids is 1. The van der Waals surface area contributed by atoms with Crippen molar-refractivity contribution >= 4 is 11.8 Å². The van der Waals surface area contributed by atoms with E-state index in [4.69, 9.17) is 9.84 Å². The molecule has 0 amide bonds. The predicted octanol–water partition coefficient (Wildman–Crippen LogP) is 2.05. The number of ether oxygens (including phenoxy) is 1. The highest BCUT2D eigenvalue weighted by Crippen LogP contribution is 2.27. The molecule has 0 aliphatic rings. The van der Waals surface area contributed by atoms with E-state index in [1.54, 1.807) is 24.3 Å². The monoisotopic (exact) mass is 272 g/mol. The minimum atomic E-state index is -1.27. The van der Waals surface area contributed by atoms with Crippen LogP contribution in [0, 0.1) is 0 Å². The van der Waals surface area contributed by atoms with Crippen LogP contribution in [0.1, 0.15) is 27.8 Å². The summed E-state index contributed by atoms with van der Waals surface area (Å²) in [5.74, 6) is -0.938. The number of hydrogen-bond donors (Lipinski definition) is 1. The van der Waals surface area contributed by atoms with Gasteiger partial charge in [-0.2, -0.15) is 0 Å². The standard InChI is InChI=1S/C14H12N2O4/c1-8(17)10-7-15-13(16-12(10)14(18)19)9-5-3-4-6-11(9)20-2/h3-7H,1-2H3,(H,18,19). The van der Waals surface area contributed by atoms with Crippen molar-refractivity contribution in [3.8, 4) is 17.1 Å². The maximum absolute atomic E-state index is 11.4. The first-order valence-electron chi connectivity index (χ1n) is 5.79. The third-order valence-electron chi connectivity index (χ3n) is 2.72. The quantitative estimate of drug-likeness (QED) is 0.857. The minimum Gasteiger partial charge on any atom is -0.496 e. The minimum absolute atomic E-state index is 0.0175. The van der Waals surface area contributed by atoms with Crippen molar-refractivity contribution < 1.29 is 19.4 Å². The topological polar surface area (TPSA) is 89.4 Å². The zero-order valence-electron chi connectivity index (χ0n) is 11.0. The third kappa shape index (κ3) is 2.49. The van der Waals surface area contributed by atoms with Gasteiger partial charge in [-0.1, -0.05) is 12.1 Å². The first-order valence-corrected chi connectivity index (χ1v) is 5.79. The Labute approximate surface area is 115 Å². The van der Waals surface area contributed by atoms with Crippen LogP contribution in [-0.2, 0) is 0 Å². The molecule has 0 unspecified atom stereocenters. The molecule has 1 aromatic heterocycles. The van der Waals surface area contributed by atoms with E-state index < -0.39 is 11.8 Å². The first-order chi connectivity index (χ1) is 9.54. The average Bonchev–Trinajstić information content (AvgIpc) is 2.46. The molecule has 6 heteroatoms. The molecule has 1 aromatic carbocycles. The van der Waals surface area contributed by atoms with E-state index in [9.17, 15) is 9.59 Å². The van der Waals surface area contributed by atoms with Gasteiger partial charge in [0.2, 0.25) is 0 Å². The van der Waals surface area contributed by atoms with E-state index >= 15 is 0 Å². The molecule has 2 rings (SSSR count). The molecular weight excluding hydrogens is 260 g/mol. The van der Waals surface area contributed by atoms with Crippen molar-refractivity contribution in [2.75, 3.05) is 7.11 Å². The van der Waals surface area contributed by atoms with Gasteiger partial charge in [-0.3, -0.25) is 4.79 Å². The zero-order chi connectivity index (χ0) is 14.7. The summed E-state index contributed by atoms with van der Waals surface area (Å²) in [7, 11) is 1.50. The highest BCUT2D eigenvalue weighted by atomic mass is 16.5. The number of rotatable bonds is 4. The van der Waals surface area contributed by atoms with Gasteiger partial charge in [0.1, 0.15) is 5.75 Å². The van der Waals surface area contributed by atoms with Crippen LogP contribution in [0.3, 0.4) is 0 Å². The highest BCUT2D eigenvalue weighted by Gasteiger charge is 2.18. The van der Waals surface area contributed by atoms with E-state index in [0.717, 1.165) is 0 Å². The average molecular weight is 272 g/mol. The maximum Gasteiger partial charge on any atom is 0.355 e. The summed E-state index contributed by atoms with van der Waals surface area (Å²) in [4.78, 5) is 30.6. The lowest BCUT2D eigenvalue weighted by atomic mass is 10.1. The summed E-state index contributed by atoms with van der Waals surface area (Å²) in [5, 5.41) is 9.14. The van der Waals surface area contributed by atoms with Gasteiger partial charge in [-0.25, -0.2) is 14.8 Å². The van der Waals surface area contributed by atoms with Gasteiger partial charge < -0.3 is 9.84 Å². The Morgan fingerprint density at radius 2 is 1.95 bits per heavy atom. The molecular formula is C14H12N2O4. The molecule has 102 valence electrons. The van der Waals surface area contributed by atoms with Crippen LogP contribution in [0.15, 0.2) is 30.5 Å². The fraction of sp³-hybridized carbons (Fsp3) is 0.143. The molecule has 0 saturated heterocycles. The number of carboxylic acid groups (broad SMARTS) is 1. The number of aromatic nitrogens is 2. The van der Waals surface area contributed by atoms with Crippen LogP contribution in [0.5, 0.6) is 5.75 Å². The molecule has 0 bridgehead atoms. The van der Waals surface area contributed by atoms with Gasteiger partial charge in [-0.05, 0) is 19.1 Å². The van der Waals surface area contributed by atoms with Crippen LogP contribution < -0.4 is 4.74 Å². The molecule has 0 radical (unpaired) electrons. The number of hydrogen-bond acceptors (Lipinski definition) is 5. The van der Waals surface area contributed by atoms with Crippen molar-refractivity contribution in [2.45, 2.75) is 6.92 Å². The number of carboxylic acids is 1. The Hall–Kier alpha value is -2.76. The number of methoxy groups -OCH3 is 1. The van der Waals surface area contributed by atoms with Gasteiger partial charge in [0.15, 0.2) is 17.3 Å². The molecule has 20 heavy (non-hydrogen) atoms. The third-order valence-corrected chi connectivity index (χ3v) is 2.72. The second-order valence-corrected chi connectivity index (χ2v) is 4.02. The van der Waals surface area contributed by atoms with E-state index in [1.165, 1.54) is 20.2 Å². The maximum atomic E-state index is 11.4. The second-order valence-electron chi connectivity index (χ2n) is 4.02. The lowest BCUT2D eigenvalue weighted by Gasteiger charge is -2.08. The Bertz CT molecular complexity index is 683. The first kappa shape index (κ1) is 13.7. The molecule has 0 atom stereocenters. The number of carbonyl (C=O) groups is 2. The molecule has 1 heterocycles. The summed E-state index contributed by atoms with van der Waals surface area (Å²) in [6, 6.07) is 6.98. The summed E-state index contributed by atoms with van der Waals surface area (Å²) in [6.07, 6.45) is 1.22. The Balaban J connectivity index is 2.62. The molecule has 1 N–H and O–H groups in total. The van der Waals surface area contributed by atoms with Gasteiger partial charge >= 0.3 is 5.97 Å². The normalized spacial score (nSPS) is 10.1. The number of nitrogens with zero attached hydrogens (tertiary/aromatic N) is 2. The van der Waals surface area contributed by atoms with Crippen molar-refractivity contribution in [1.29, 1.82) is 0 Å². The Morgan fingerprint density at radius 3 is 2.55 bits per heavy atom. The van der Waals surface area contributed by atoms with Gasteiger partial charge in [0.25, 0.3) is 0 Å². The van der Waals surface area contributed by atoms with E-state index in [2.05, 4.69) is 9.97 Å². The molecule has 0 aliphatic carbocycles. The van der Waals surface area contributed by atoms with Gasteiger partial charge in [0, 0.05) is 6.20 Å². The zero-order valence-corrected chi connectivity index (χ0v) is 11.0. The second kappa shape index (κ2) is 5.48. The molecule has 0 saturated carbocycles. The summed E-state index contributed by atoms with van der Waals surface area (Å²) < 4.78 is 5.18. The van der Waals surface area contributed by atoms with E-state index in [1.807, 2.05) is 0 Å². The Morgan fingerprint density at radius 1 is 1.25 bits per heavy atom. The van der Waals surface area contributed by atoms with Crippen molar-refractivity contribution in [2.24, 2.45) is 0 Å². The molecule has 0 fully saturated rings. The van der Waals surface area contributed by atoms with Gasteiger partial charge in [-0.15, -0.1) is 0 Å². The molecule has 6 nitrogen and oxygen atoms in total. The number of ketones is 1. The molecule has 2 aromatic rings. The molecule has 0 aliphatic heterocycles. The predicted molar refractivity (Wildman–Crippen MR) is 71.0 cm³/mol. The highest BCUT2D eigenvalue weighted by molar-refractivity contribution is 6.03. The lowest BCUT2D eigenvalue weighted by Crippen LogP contribution is -2.11. The van der Waals surface area contributed by atoms with Crippen LogP contribution in [0.4, 0.5) is 0 Å². The summed E-state index contributed by atoms with van der Waals surface area (Å²) in [5.41, 5.74) is 0.233. The number of benzene rings is 1. The summed E-state index contributed by atoms with van der Waals surface area (Å²) >= 11 is 0. The van der Waals surface area contributed by atoms with Crippen molar-refractivity contribution in [1.82, 2.24) is 9.97 Å².